The van der Waals surface area contributed by atoms with Crippen molar-refractivity contribution >= 4 is 23.3 Å². The number of hydrogen-bond acceptors (Lipinski definition) is 8. The normalized spacial score (nSPS) is 12.3. The third kappa shape index (κ3) is 4.88. The Morgan fingerprint density at radius 2 is 1.91 bits per heavy atom. The van der Waals surface area contributed by atoms with E-state index in [4.69, 9.17) is 26.0 Å². The van der Waals surface area contributed by atoms with Crippen molar-refractivity contribution in [3.8, 4) is 23.6 Å². The highest BCUT2D eigenvalue weighted by atomic mass is 35.5. The molecule has 0 radical (unpaired) electrons. The van der Waals surface area contributed by atoms with E-state index < -0.39 is 12.1 Å². The second-order valence-corrected chi connectivity index (χ2v) is 7.39. The molecule has 0 saturated carbocycles. The van der Waals surface area contributed by atoms with Crippen LogP contribution in [0.5, 0.6) is 0 Å². The van der Waals surface area contributed by atoms with Crippen molar-refractivity contribution < 1.29 is 13.9 Å². The zero-order valence-corrected chi connectivity index (χ0v) is 18.5. The number of nitrogens with one attached hydrogen (secondary N) is 1. The van der Waals surface area contributed by atoms with Gasteiger partial charge in [0, 0.05) is 17.7 Å². The Kier molecular flexibility index (Phi) is 7.09. The molecule has 32 heavy (non-hydrogen) atoms. The van der Waals surface area contributed by atoms with Gasteiger partial charge in [0.25, 0.3) is 0 Å². The molecule has 3 aromatic rings. The Labute approximate surface area is 190 Å². The lowest BCUT2D eigenvalue weighted by Crippen LogP contribution is -2.28. The number of carbonyl (C=O) groups excluding carboxylic acids is 1. The van der Waals surface area contributed by atoms with Crippen molar-refractivity contribution in [2.75, 3.05) is 5.32 Å². The van der Waals surface area contributed by atoms with Crippen LogP contribution < -0.4 is 5.32 Å². The third-order valence-electron chi connectivity index (χ3n) is 4.86. The summed E-state index contributed by atoms with van der Waals surface area (Å²) in [6, 6.07) is 13.5. The topological polar surface area (TPSA) is 125 Å². The molecular formula is C23H20ClN5O3. The van der Waals surface area contributed by atoms with Gasteiger partial charge in [-0.05, 0) is 55.8 Å². The number of ether oxygens (including phenoxy) is 1. The second kappa shape index (κ2) is 9.95. The monoisotopic (exact) mass is 449 g/mol. The summed E-state index contributed by atoms with van der Waals surface area (Å²) in [6.45, 7) is 5.20. The molecule has 0 amide bonds. The van der Waals surface area contributed by atoms with Crippen LogP contribution in [0, 0.1) is 29.6 Å². The van der Waals surface area contributed by atoms with Crippen LogP contribution in [-0.4, -0.2) is 22.3 Å². The van der Waals surface area contributed by atoms with Gasteiger partial charge in [-0.1, -0.05) is 18.5 Å². The molecule has 0 saturated heterocycles. The highest BCUT2D eigenvalue weighted by molar-refractivity contribution is 6.32. The van der Waals surface area contributed by atoms with Crippen molar-refractivity contribution in [1.29, 1.82) is 10.5 Å². The van der Waals surface area contributed by atoms with Gasteiger partial charge in [0.15, 0.2) is 0 Å². The Morgan fingerprint density at radius 3 is 2.53 bits per heavy atom. The maximum atomic E-state index is 11.9. The molecule has 0 aliphatic carbocycles. The van der Waals surface area contributed by atoms with Gasteiger partial charge in [0.2, 0.25) is 11.8 Å². The molecule has 1 N–H and O–H groups in total. The largest absolute Gasteiger partial charge is 0.460 e. The Hall–Kier alpha value is -3.88. The molecule has 3 rings (SSSR count). The Bertz CT molecular complexity index is 1210. The summed E-state index contributed by atoms with van der Waals surface area (Å²) in [6.07, 6.45) is -0.426. The summed E-state index contributed by atoms with van der Waals surface area (Å²) in [5.41, 5.74) is 2.82. The zero-order valence-electron chi connectivity index (χ0n) is 17.7. The average Bonchev–Trinajstić information content (AvgIpc) is 3.29. The smallest absolute Gasteiger partial charge is 0.305 e. The fourth-order valence-electron chi connectivity index (χ4n) is 3.00. The number of aromatic nitrogens is 2. The van der Waals surface area contributed by atoms with E-state index >= 15 is 0 Å². The molecule has 1 aromatic heterocycles. The van der Waals surface area contributed by atoms with Crippen molar-refractivity contribution in [1.82, 2.24) is 10.2 Å². The van der Waals surface area contributed by atoms with Crippen molar-refractivity contribution in [2.45, 2.75) is 39.3 Å². The first-order valence-corrected chi connectivity index (χ1v) is 10.2. The van der Waals surface area contributed by atoms with Gasteiger partial charge in [0.05, 0.1) is 22.2 Å². The van der Waals surface area contributed by atoms with E-state index in [1.54, 1.807) is 57.2 Å². The van der Waals surface area contributed by atoms with Crippen LogP contribution in [0.3, 0.4) is 0 Å². The number of nitrogens with zero attached hydrogens (tertiary/aromatic N) is 4. The summed E-state index contributed by atoms with van der Waals surface area (Å²) in [5.74, 6) is 0.103. The molecule has 1 unspecified atom stereocenters. The minimum atomic E-state index is -0.673. The standard InChI is InChI=1S/C23H20ClN5O3/c1-4-19(30)31-14(3)21(27-18-10-9-17(12-26)20(24)13(18)2)23-29-28-22(32-23)16-7-5-15(11-25)6-8-16/h5-10,14,21,27H,4H2,1-3H3/t14-,21?/m0/s1. The molecule has 2 aromatic carbocycles. The minimum Gasteiger partial charge on any atom is -0.460 e. The molecule has 0 fully saturated rings. The number of halogens is 1. The van der Waals surface area contributed by atoms with E-state index in [1.165, 1.54) is 0 Å². The van der Waals surface area contributed by atoms with E-state index in [9.17, 15) is 10.1 Å². The molecule has 1 heterocycles. The molecule has 0 spiro atoms. The van der Waals surface area contributed by atoms with Crippen LogP contribution in [0.15, 0.2) is 40.8 Å². The summed E-state index contributed by atoms with van der Waals surface area (Å²) in [4.78, 5) is 11.9. The fraction of sp³-hybridized carbons (Fsp3) is 0.261. The van der Waals surface area contributed by atoms with Crippen molar-refractivity contribution in [3.05, 3.63) is 64.0 Å². The van der Waals surface area contributed by atoms with E-state index in [2.05, 4.69) is 21.6 Å². The first kappa shape index (κ1) is 22.8. The molecule has 162 valence electrons. The van der Waals surface area contributed by atoms with Gasteiger partial charge in [-0.15, -0.1) is 10.2 Å². The summed E-state index contributed by atoms with van der Waals surface area (Å²) in [5, 5.41) is 30.0. The van der Waals surface area contributed by atoms with Crippen molar-refractivity contribution in [2.24, 2.45) is 0 Å². The number of hydrogen-bond donors (Lipinski definition) is 1. The van der Waals surface area contributed by atoms with Gasteiger partial charge >= 0.3 is 5.97 Å². The van der Waals surface area contributed by atoms with Gasteiger partial charge in [-0.2, -0.15) is 10.5 Å². The molecule has 8 nitrogen and oxygen atoms in total. The Balaban J connectivity index is 1.96. The van der Waals surface area contributed by atoms with Crippen LogP contribution in [-0.2, 0) is 9.53 Å². The quantitative estimate of drug-likeness (QED) is 0.503. The molecule has 0 aliphatic rings. The van der Waals surface area contributed by atoms with Crippen LogP contribution in [0.1, 0.15) is 48.9 Å². The molecule has 9 heteroatoms. The SMILES string of the molecule is CCC(=O)O[C@@H](C)C(Nc1ccc(C#N)c(Cl)c1C)c1nnc(-c2ccc(C#N)cc2)o1. The summed E-state index contributed by atoms with van der Waals surface area (Å²) < 4.78 is 11.4. The third-order valence-corrected chi connectivity index (χ3v) is 5.35. The van der Waals surface area contributed by atoms with Crippen molar-refractivity contribution in [3.63, 3.8) is 0 Å². The number of carbonyl (C=O) groups is 1. The fourth-order valence-corrected chi connectivity index (χ4v) is 3.21. The van der Waals surface area contributed by atoms with E-state index in [-0.39, 0.29) is 24.2 Å². The van der Waals surface area contributed by atoms with Crippen LogP contribution >= 0.6 is 11.6 Å². The minimum absolute atomic E-state index is 0.209. The summed E-state index contributed by atoms with van der Waals surface area (Å²) >= 11 is 6.30. The number of esters is 1. The van der Waals surface area contributed by atoms with E-state index in [1.807, 2.05) is 6.07 Å². The number of rotatable bonds is 7. The average molecular weight is 450 g/mol. The van der Waals surface area contributed by atoms with Gasteiger partial charge < -0.3 is 14.5 Å². The maximum absolute atomic E-state index is 11.9. The predicted octanol–water partition coefficient (Wildman–Crippen LogP) is 4.94. The van der Waals surface area contributed by atoms with E-state index in [0.29, 0.717) is 33.0 Å². The predicted molar refractivity (Wildman–Crippen MR) is 118 cm³/mol. The van der Waals surface area contributed by atoms with Gasteiger partial charge in [-0.3, -0.25) is 4.79 Å². The van der Waals surface area contributed by atoms with Crippen LogP contribution in [0.4, 0.5) is 5.69 Å². The highest BCUT2D eigenvalue weighted by Crippen LogP contribution is 2.32. The van der Waals surface area contributed by atoms with Gasteiger partial charge in [0.1, 0.15) is 18.2 Å². The lowest BCUT2D eigenvalue weighted by atomic mass is 10.1. The Morgan fingerprint density at radius 1 is 1.19 bits per heavy atom. The maximum Gasteiger partial charge on any atom is 0.305 e. The van der Waals surface area contributed by atoms with E-state index in [0.717, 1.165) is 0 Å². The number of anilines is 1. The number of nitriles is 2. The van der Waals surface area contributed by atoms with Crippen LogP contribution in [0.25, 0.3) is 11.5 Å². The zero-order chi connectivity index (χ0) is 23.3. The number of benzene rings is 2. The highest BCUT2D eigenvalue weighted by Gasteiger charge is 2.29. The van der Waals surface area contributed by atoms with Gasteiger partial charge in [-0.25, -0.2) is 0 Å². The molecule has 0 aliphatic heterocycles. The first-order valence-electron chi connectivity index (χ1n) is 9.87. The first-order chi connectivity index (χ1) is 15.4. The van der Waals surface area contributed by atoms with Crippen LogP contribution in [0.2, 0.25) is 5.02 Å². The lowest BCUT2D eigenvalue weighted by Gasteiger charge is -2.24. The molecular weight excluding hydrogens is 430 g/mol. The second-order valence-electron chi connectivity index (χ2n) is 7.02. The molecule has 0 bridgehead atoms. The molecule has 2 atom stereocenters. The lowest BCUT2D eigenvalue weighted by molar-refractivity contribution is -0.148. The summed E-state index contributed by atoms with van der Waals surface area (Å²) in [7, 11) is 0.